The maximum Gasteiger partial charge on any atom is 0.325 e. The molecule has 1 spiro atoms. The van der Waals surface area contributed by atoms with Crippen LogP contribution in [0, 0.1) is 5.92 Å². The predicted molar refractivity (Wildman–Crippen MR) is 114 cm³/mol. The number of imide groups is 1. The smallest absolute Gasteiger partial charge is 0.325 e. The van der Waals surface area contributed by atoms with Gasteiger partial charge in [0, 0.05) is 13.0 Å². The molecule has 4 amide bonds. The molecule has 2 fully saturated rings. The Morgan fingerprint density at radius 1 is 1.16 bits per heavy atom. The normalized spacial score (nSPS) is 20.3. The number of amides is 4. The van der Waals surface area contributed by atoms with Gasteiger partial charge in [-0.15, -0.1) is 0 Å². The van der Waals surface area contributed by atoms with Crippen LogP contribution in [-0.4, -0.2) is 48.0 Å². The van der Waals surface area contributed by atoms with Crippen molar-refractivity contribution in [2.75, 3.05) is 19.8 Å². The molecule has 2 N–H and O–H groups in total. The van der Waals surface area contributed by atoms with Crippen LogP contribution in [-0.2, 0) is 9.59 Å². The largest absolute Gasteiger partial charge is 0.486 e. The number of rotatable bonds is 7. The fourth-order valence-electron chi connectivity index (χ4n) is 4.73. The van der Waals surface area contributed by atoms with E-state index in [2.05, 4.69) is 24.5 Å². The Morgan fingerprint density at radius 2 is 1.87 bits per heavy atom. The predicted octanol–water partition coefficient (Wildman–Crippen LogP) is 2.92. The van der Waals surface area contributed by atoms with Gasteiger partial charge in [-0.25, -0.2) is 4.79 Å². The maximum absolute atomic E-state index is 12.7. The average Bonchev–Trinajstić information content (AvgIpc) is 3.31. The standard InChI is InChI=1S/C23H31N3O5/c1-15(2)20(16-7-8-17-18(14-16)31-13-12-30-17)24-19(27)6-5-11-26-21(28)23(25-22(26)29)9-3-4-10-23/h7-8,14-15,20H,3-6,9-13H2,1-2H3,(H,24,27)(H,25,29)/t20-/m1/s1. The van der Waals surface area contributed by atoms with Crippen molar-refractivity contribution in [3.8, 4) is 11.5 Å². The van der Waals surface area contributed by atoms with Gasteiger partial charge < -0.3 is 20.1 Å². The summed E-state index contributed by atoms with van der Waals surface area (Å²) >= 11 is 0. The average molecular weight is 430 g/mol. The number of hydrogen-bond donors (Lipinski definition) is 2. The van der Waals surface area contributed by atoms with E-state index in [-0.39, 0.29) is 42.8 Å². The Morgan fingerprint density at radius 3 is 2.58 bits per heavy atom. The zero-order valence-corrected chi connectivity index (χ0v) is 18.2. The number of benzene rings is 1. The van der Waals surface area contributed by atoms with E-state index in [1.54, 1.807) is 0 Å². The van der Waals surface area contributed by atoms with Crippen molar-refractivity contribution in [2.24, 2.45) is 5.92 Å². The highest BCUT2D eigenvalue weighted by Gasteiger charge is 2.52. The van der Waals surface area contributed by atoms with Crippen LogP contribution in [0.4, 0.5) is 4.79 Å². The van der Waals surface area contributed by atoms with Crippen molar-refractivity contribution in [3.05, 3.63) is 23.8 Å². The van der Waals surface area contributed by atoms with Crippen LogP contribution in [0.1, 0.15) is 64.0 Å². The van der Waals surface area contributed by atoms with Gasteiger partial charge in [-0.1, -0.05) is 32.8 Å². The summed E-state index contributed by atoms with van der Waals surface area (Å²) in [6.07, 6.45) is 4.02. The molecule has 168 valence electrons. The van der Waals surface area contributed by atoms with Gasteiger partial charge in [0.1, 0.15) is 18.8 Å². The molecule has 0 unspecified atom stereocenters. The fraction of sp³-hybridized carbons (Fsp3) is 0.609. The Balaban J connectivity index is 1.32. The molecule has 31 heavy (non-hydrogen) atoms. The monoisotopic (exact) mass is 429 g/mol. The van der Waals surface area contributed by atoms with E-state index < -0.39 is 5.54 Å². The van der Waals surface area contributed by atoms with E-state index in [1.807, 2.05) is 18.2 Å². The molecule has 0 aromatic heterocycles. The Kier molecular flexibility index (Phi) is 6.07. The van der Waals surface area contributed by atoms with Crippen LogP contribution in [0.2, 0.25) is 0 Å². The van der Waals surface area contributed by atoms with Crippen LogP contribution < -0.4 is 20.1 Å². The number of ether oxygens (including phenoxy) is 2. The number of urea groups is 1. The van der Waals surface area contributed by atoms with E-state index in [4.69, 9.17) is 9.47 Å². The van der Waals surface area contributed by atoms with Crippen molar-refractivity contribution in [2.45, 2.75) is 64.0 Å². The van der Waals surface area contributed by atoms with Gasteiger partial charge >= 0.3 is 6.03 Å². The van der Waals surface area contributed by atoms with Crippen LogP contribution >= 0.6 is 0 Å². The van der Waals surface area contributed by atoms with Gasteiger partial charge in [-0.2, -0.15) is 0 Å². The third-order valence-electron chi connectivity index (χ3n) is 6.40. The van der Waals surface area contributed by atoms with E-state index in [0.717, 1.165) is 24.2 Å². The second-order valence-electron chi connectivity index (χ2n) is 8.97. The van der Waals surface area contributed by atoms with E-state index in [9.17, 15) is 14.4 Å². The number of nitrogens with zero attached hydrogens (tertiary/aromatic N) is 1. The van der Waals surface area contributed by atoms with Crippen molar-refractivity contribution in [1.82, 2.24) is 15.5 Å². The zero-order valence-electron chi connectivity index (χ0n) is 18.2. The molecule has 1 aromatic carbocycles. The Hall–Kier alpha value is -2.77. The first kappa shape index (κ1) is 21.5. The van der Waals surface area contributed by atoms with E-state index in [1.165, 1.54) is 4.90 Å². The van der Waals surface area contributed by atoms with Gasteiger partial charge in [0.05, 0.1) is 6.04 Å². The zero-order chi connectivity index (χ0) is 22.0. The minimum absolute atomic E-state index is 0.101. The molecule has 0 radical (unpaired) electrons. The lowest BCUT2D eigenvalue weighted by atomic mass is 9.95. The minimum Gasteiger partial charge on any atom is -0.486 e. The van der Waals surface area contributed by atoms with Crippen LogP contribution in [0.3, 0.4) is 0 Å². The summed E-state index contributed by atoms with van der Waals surface area (Å²) in [6, 6.07) is 5.26. The lowest BCUT2D eigenvalue weighted by molar-refractivity contribution is -0.131. The van der Waals surface area contributed by atoms with Crippen molar-refractivity contribution < 1.29 is 23.9 Å². The summed E-state index contributed by atoms with van der Waals surface area (Å²) in [4.78, 5) is 38.9. The molecule has 3 aliphatic rings. The van der Waals surface area contributed by atoms with Crippen LogP contribution in [0.25, 0.3) is 0 Å². The molecular weight excluding hydrogens is 398 g/mol. The first-order valence-corrected chi connectivity index (χ1v) is 11.2. The number of nitrogens with one attached hydrogen (secondary N) is 2. The second kappa shape index (κ2) is 8.77. The molecule has 1 atom stereocenters. The number of carbonyl (C=O) groups is 3. The maximum atomic E-state index is 12.7. The van der Waals surface area contributed by atoms with Gasteiger partial charge in [-0.05, 0) is 42.9 Å². The van der Waals surface area contributed by atoms with Crippen molar-refractivity contribution in [1.29, 1.82) is 0 Å². The number of hydrogen-bond acceptors (Lipinski definition) is 5. The molecule has 1 aromatic rings. The minimum atomic E-state index is -0.694. The lowest BCUT2D eigenvalue weighted by Gasteiger charge is -2.25. The van der Waals surface area contributed by atoms with Gasteiger partial charge in [0.15, 0.2) is 11.5 Å². The van der Waals surface area contributed by atoms with E-state index >= 15 is 0 Å². The quantitative estimate of drug-likeness (QED) is 0.650. The number of fused-ring (bicyclic) bond motifs is 1. The summed E-state index contributed by atoms with van der Waals surface area (Å²) in [5.41, 5.74) is 0.269. The summed E-state index contributed by atoms with van der Waals surface area (Å²) in [5, 5.41) is 5.97. The molecule has 8 nitrogen and oxygen atoms in total. The first-order chi connectivity index (χ1) is 14.9. The van der Waals surface area contributed by atoms with Crippen molar-refractivity contribution >= 4 is 17.8 Å². The highest BCUT2D eigenvalue weighted by Crippen LogP contribution is 2.36. The molecule has 0 bridgehead atoms. The second-order valence-corrected chi connectivity index (χ2v) is 8.97. The third kappa shape index (κ3) is 4.34. The summed E-state index contributed by atoms with van der Waals surface area (Å²) in [7, 11) is 0. The van der Waals surface area contributed by atoms with Crippen LogP contribution in [0.5, 0.6) is 11.5 Å². The third-order valence-corrected chi connectivity index (χ3v) is 6.40. The van der Waals surface area contributed by atoms with Crippen LogP contribution in [0.15, 0.2) is 18.2 Å². The molecule has 8 heteroatoms. The molecule has 1 aliphatic carbocycles. The molecule has 1 saturated heterocycles. The lowest BCUT2D eigenvalue weighted by Crippen LogP contribution is -2.44. The van der Waals surface area contributed by atoms with Gasteiger partial charge in [0.2, 0.25) is 5.91 Å². The SMILES string of the molecule is CC(C)[C@@H](NC(=O)CCCN1C(=O)NC2(CCCC2)C1=O)c1ccc2c(c1)OCCO2. The fourth-order valence-corrected chi connectivity index (χ4v) is 4.73. The number of carbonyl (C=O) groups excluding carboxylic acids is 3. The van der Waals surface area contributed by atoms with Gasteiger partial charge in [-0.3, -0.25) is 14.5 Å². The van der Waals surface area contributed by atoms with Crippen molar-refractivity contribution in [3.63, 3.8) is 0 Å². The first-order valence-electron chi connectivity index (χ1n) is 11.2. The molecule has 4 rings (SSSR count). The summed E-state index contributed by atoms with van der Waals surface area (Å²) in [5.74, 6) is 1.36. The summed E-state index contributed by atoms with van der Waals surface area (Å²) < 4.78 is 11.2. The molecule has 2 aliphatic heterocycles. The van der Waals surface area contributed by atoms with Gasteiger partial charge in [0.25, 0.3) is 5.91 Å². The molecule has 1 saturated carbocycles. The molecule has 2 heterocycles. The summed E-state index contributed by atoms with van der Waals surface area (Å²) in [6.45, 7) is 5.41. The highest BCUT2D eigenvalue weighted by molar-refractivity contribution is 6.07. The Labute approximate surface area is 182 Å². The molecular formula is C23H31N3O5. The highest BCUT2D eigenvalue weighted by atomic mass is 16.6. The topological polar surface area (TPSA) is 97.0 Å². The Bertz CT molecular complexity index is 863. The van der Waals surface area contributed by atoms with E-state index in [0.29, 0.717) is 38.2 Å².